The first-order valence-electron chi connectivity index (χ1n) is 9.79. The third kappa shape index (κ3) is 3.90. The minimum atomic E-state index is -0.685. The van der Waals surface area contributed by atoms with Crippen LogP contribution in [0.3, 0.4) is 0 Å². The molecule has 136 valence electrons. The molecule has 0 spiro atoms. The highest BCUT2D eigenvalue weighted by Gasteiger charge is 2.44. The zero-order valence-corrected chi connectivity index (χ0v) is 15.2. The lowest BCUT2D eigenvalue weighted by atomic mass is 9.62. The number of hydrogen-bond donors (Lipinski definition) is 2. The first-order chi connectivity index (χ1) is 12.0. The van der Waals surface area contributed by atoms with E-state index in [-0.39, 0.29) is 6.54 Å². The van der Waals surface area contributed by atoms with E-state index in [4.69, 9.17) is 5.11 Å². The molecule has 3 fully saturated rings. The van der Waals surface area contributed by atoms with Gasteiger partial charge in [0.25, 0.3) is 0 Å². The van der Waals surface area contributed by atoms with E-state index < -0.39 is 5.97 Å². The summed E-state index contributed by atoms with van der Waals surface area (Å²) in [6, 6.07) is 12.5. The first-order valence-corrected chi connectivity index (χ1v) is 9.79. The molecule has 0 atom stereocenters. The quantitative estimate of drug-likeness (QED) is 0.762. The highest BCUT2D eigenvalue weighted by Crippen LogP contribution is 2.44. The average molecular weight is 342 g/mol. The molecule has 25 heavy (non-hydrogen) atoms. The second-order valence-electron chi connectivity index (χ2n) is 8.79. The minimum Gasteiger partial charge on any atom is -0.480 e. The molecule has 0 radical (unpaired) electrons. The SMILES string of the molecule is CC1(c2ccccc2)CC(NC2CC(N(CC(=O)O)CC3CC3)C2)C1. The van der Waals surface area contributed by atoms with Gasteiger partial charge in [0.2, 0.25) is 0 Å². The van der Waals surface area contributed by atoms with Crippen LogP contribution in [-0.4, -0.2) is 47.2 Å². The smallest absolute Gasteiger partial charge is 0.317 e. The molecule has 3 saturated carbocycles. The molecule has 4 heteroatoms. The van der Waals surface area contributed by atoms with Gasteiger partial charge in [-0.25, -0.2) is 0 Å². The lowest BCUT2D eigenvalue weighted by Gasteiger charge is -2.51. The van der Waals surface area contributed by atoms with Gasteiger partial charge in [-0.1, -0.05) is 37.3 Å². The summed E-state index contributed by atoms with van der Waals surface area (Å²) >= 11 is 0. The number of hydrogen-bond acceptors (Lipinski definition) is 3. The summed E-state index contributed by atoms with van der Waals surface area (Å²) in [5, 5.41) is 13.0. The molecule has 0 aliphatic heterocycles. The molecule has 1 aromatic carbocycles. The predicted octanol–water partition coefficient (Wildman–Crippen LogP) is 3.02. The van der Waals surface area contributed by atoms with Crippen molar-refractivity contribution in [1.29, 1.82) is 0 Å². The molecular formula is C21H30N2O2. The van der Waals surface area contributed by atoms with Gasteiger partial charge in [0.05, 0.1) is 6.54 Å². The van der Waals surface area contributed by atoms with Crippen LogP contribution in [0.2, 0.25) is 0 Å². The summed E-state index contributed by atoms with van der Waals surface area (Å²) in [5.41, 5.74) is 1.78. The Morgan fingerprint density at radius 2 is 1.88 bits per heavy atom. The van der Waals surface area contributed by atoms with Gasteiger partial charge in [-0.15, -0.1) is 0 Å². The van der Waals surface area contributed by atoms with E-state index in [9.17, 15) is 4.79 Å². The van der Waals surface area contributed by atoms with Crippen LogP contribution in [0.15, 0.2) is 30.3 Å². The lowest BCUT2D eigenvalue weighted by Crippen LogP contribution is -2.60. The van der Waals surface area contributed by atoms with E-state index in [1.54, 1.807) is 0 Å². The van der Waals surface area contributed by atoms with Gasteiger partial charge in [0.1, 0.15) is 0 Å². The van der Waals surface area contributed by atoms with Crippen molar-refractivity contribution in [3.8, 4) is 0 Å². The van der Waals surface area contributed by atoms with Gasteiger partial charge in [-0.05, 0) is 55.4 Å². The zero-order valence-electron chi connectivity index (χ0n) is 15.2. The normalized spacial score (nSPS) is 34.4. The number of carbonyl (C=O) groups is 1. The maximum absolute atomic E-state index is 11.1. The van der Waals surface area contributed by atoms with Crippen LogP contribution in [0.25, 0.3) is 0 Å². The molecule has 1 aromatic rings. The van der Waals surface area contributed by atoms with Gasteiger partial charge in [0.15, 0.2) is 0 Å². The van der Waals surface area contributed by atoms with Crippen molar-refractivity contribution in [1.82, 2.24) is 10.2 Å². The Bertz CT molecular complexity index is 602. The molecule has 0 aromatic heterocycles. The Morgan fingerprint density at radius 1 is 1.20 bits per heavy atom. The number of aliphatic carboxylic acids is 1. The molecule has 0 bridgehead atoms. The standard InChI is InChI=1S/C21H30N2O2/c1-21(16-5-3-2-4-6-16)11-18(12-21)22-17-9-19(10-17)23(14-20(24)25)13-15-7-8-15/h2-6,15,17-19,22H,7-14H2,1H3,(H,24,25). The topological polar surface area (TPSA) is 52.6 Å². The van der Waals surface area contributed by atoms with Crippen LogP contribution in [-0.2, 0) is 10.2 Å². The highest BCUT2D eigenvalue weighted by atomic mass is 16.4. The highest BCUT2D eigenvalue weighted by molar-refractivity contribution is 5.69. The summed E-state index contributed by atoms with van der Waals surface area (Å²) in [7, 11) is 0. The van der Waals surface area contributed by atoms with Crippen molar-refractivity contribution in [3.63, 3.8) is 0 Å². The fourth-order valence-corrected chi connectivity index (χ4v) is 4.73. The lowest BCUT2D eigenvalue weighted by molar-refractivity contribution is -0.139. The number of nitrogens with zero attached hydrogens (tertiary/aromatic N) is 1. The number of rotatable bonds is 8. The molecule has 2 N–H and O–H groups in total. The molecule has 4 rings (SSSR count). The maximum Gasteiger partial charge on any atom is 0.317 e. The molecule has 3 aliphatic rings. The van der Waals surface area contributed by atoms with Gasteiger partial charge in [-0.2, -0.15) is 0 Å². The van der Waals surface area contributed by atoms with Crippen LogP contribution >= 0.6 is 0 Å². The summed E-state index contributed by atoms with van der Waals surface area (Å²) in [5.74, 6) is 0.0688. The third-order valence-electron chi connectivity index (χ3n) is 6.49. The largest absolute Gasteiger partial charge is 0.480 e. The van der Waals surface area contributed by atoms with Crippen molar-refractivity contribution in [3.05, 3.63) is 35.9 Å². The number of carboxylic acids is 1. The summed E-state index contributed by atoms with van der Waals surface area (Å²) in [6.45, 7) is 3.57. The second kappa shape index (κ2) is 6.73. The Hall–Kier alpha value is -1.39. The predicted molar refractivity (Wildman–Crippen MR) is 98.7 cm³/mol. The zero-order chi connectivity index (χ0) is 17.4. The molecule has 0 heterocycles. The van der Waals surface area contributed by atoms with Crippen LogP contribution in [0.4, 0.5) is 0 Å². The van der Waals surface area contributed by atoms with E-state index in [1.807, 2.05) is 0 Å². The van der Waals surface area contributed by atoms with E-state index >= 15 is 0 Å². The average Bonchev–Trinajstić information content (AvgIpc) is 3.32. The minimum absolute atomic E-state index is 0.212. The molecular weight excluding hydrogens is 312 g/mol. The number of carboxylic acid groups (broad SMARTS) is 1. The monoisotopic (exact) mass is 342 g/mol. The van der Waals surface area contributed by atoms with Gasteiger partial charge in [-0.3, -0.25) is 9.69 Å². The Labute approximate surface area is 150 Å². The molecule has 3 aliphatic carbocycles. The van der Waals surface area contributed by atoms with Crippen LogP contribution in [0.5, 0.6) is 0 Å². The Kier molecular flexibility index (Phi) is 4.59. The van der Waals surface area contributed by atoms with Crippen LogP contribution < -0.4 is 5.32 Å². The molecule has 0 saturated heterocycles. The van der Waals surface area contributed by atoms with Crippen molar-refractivity contribution < 1.29 is 9.90 Å². The fourth-order valence-electron chi connectivity index (χ4n) is 4.73. The third-order valence-corrected chi connectivity index (χ3v) is 6.49. The van der Waals surface area contributed by atoms with Crippen molar-refractivity contribution >= 4 is 5.97 Å². The molecule has 0 unspecified atom stereocenters. The van der Waals surface area contributed by atoms with Gasteiger partial charge in [0, 0.05) is 24.7 Å². The van der Waals surface area contributed by atoms with E-state index in [0.29, 0.717) is 23.5 Å². The number of benzene rings is 1. The number of nitrogens with one attached hydrogen (secondary N) is 1. The van der Waals surface area contributed by atoms with E-state index in [1.165, 1.54) is 31.2 Å². The molecule has 0 amide bonds. The van der Waals surface area contributed by atoms with Crippen molar-refractivity contribution in [2.75, 3.05) is 13.1 Å². The second-order valence-corrected chi connectivity index (χ2v) is 8.79. The van der Waals surface area contributed by atoms with Crippen molar-refractivity contribution in [2.24, 2.45) is 5.92 Å². The summed E-state index contributed by atoms with van der Waals surface area (Å²) in [4.78, 5) is 13.3. The van der Waals surface area contributed by atoms with E-state index in [0.717, 1.165) is 25.3 Å². The maximum atomic E-state index is 11.1. The molecule has 4 nitrogen and oxygen atoms in total. The van der Waals surface area contributed by atoms with E-state index in [2.05, 4.69) is 47.5 Å². The summed E-state index contributed by atoms with van der Waals surface area (Å²) < 4.78 is 0. The van der Waals surface area contributed by atoms with Gasteiger partial charge < -0.3 is 10.4 Å². The summed E-state index contributed by atoms with van der Waals surface area (Å²) in [6.07, 6.45) is 7.20. The van der Waals surface area contributed by atoms with Crippen molar-refractivity contribution in [2.45, 2.75) is 69.0 Å². The fraction of sp³-hybridized carbons (Fsp3) is 0.667. The first kappa shape index (κ1) is 17.0. The van der Waals surface area contributed by atoms with Crippen LogP contribution in [0, 0.1) is 5.92 Å². The Morgan fingerprint density at radius 3 is 2.48 bits per heavy atom. The van der Waals surface area contributed by atoms with Gasteiger partial charge >= 0.3 is 5.97 Å². The Balaban J connectivity index is 1.22. The van der Waals surface area contributed by atoms with Crippen LogP contribution in [0.1, 0.15) is 51.0 Å².